The van der Waals surface area contributed by atoms with Crippen molar-refractivity contribution in [3.8, 4) is 16.2 Å². The Kier molecular flexibility index (Phi) is 3.93. The number of ether oxygens (including phenoxy) is 1. The van der Waals surface area contributed by atoms with Gasteiger partial charge in [-0.1, -0.05) is 0 Å². The second-order valence-corrected chi connectivity index (χ2v) is 4.99. The summed E-state index contributed by atoms with van der Waals surface area (Å²) in [5.41, 5.74) is 7.25. The van der Waals surface area contributed by atoms with Crippen LogP contribution in [0, 0.1) is 12.7 Å². The van der Waals surface area contributed by atoms with E-state index in [9.17, 15) is 4.39 Å². The van der Waals surface area contributed by atoms with E-state index in [-0.39, 0.29) is 11.6 Å². The number of hydrogen-bond acceptors (Lipinski definition) is 4. The van der Waals surface area contributed by atoms with E-state index < -0.39 is 0 Å². The Hall–Kier alpha value is -1.46. The Labute approximate surface area is 109 Å². The van der Waals surface area contributed by atoms with Gasteiger partial charge < -0.3 is 10.5 Å². The van der Waals surface area contributed by atoms with Gasteiger partial charge in [-0.05, 0) is 37.2 Å². The molecule has 0 aliphatic heterocycles. The van der Waals surface area contributed by atoms with E-state index in [0.717, 1.165) is 27.6 Å². The number of benzene rings is 1. The monoisotopic (exact) mass is 266 g/mol. The maximum atomic E-state index is 13.7. The van der Waals surface area contributed by atoms with E-state index in [2.05, 4.69) is 4.98 Å². The fourth-order valence-electron chi connectivity index (χ4n) is 1.76. The molecule has 2 aromatic rings. The van der Waals surface area contributed by atoms with Gasteiger partial charge in [-0.2, -0.15) is 0 Å². The zero-order valence-corrected chi connectivity index (χ0v) is 11.2. The van der Waals surface area contributed by atoms with Crippen molar-refractivity contribution in [3.63, 3.8) is 0 Å². The maximum absolute atomic E-state index is 13.7. The number of thiazole rings is 1. The topological polar surface area (TPSA) is 48.1 Å². The predicted octanol–water partition coefficient (Wildman–Crippen LogP) is 2.77. The normalized spacial score (nSPS) is 10.7. The Balaban J connectivity index is 2.39. The molecule has 0 saturated carbocycles. The molecule has 0 radical (unpaired) electrons. The molecule has 0 spiro atoms. The summed E-state index contributed by atoms with van der Waals surface area (Å²) in [6.07, 6.45) is 0.754. The van der Waals surface area contributed by atoms with Crippen LogP contribution in [-0.2, 0) is 6.42 Å². The maximum Gasteiger partial charge on any atom is 0.165 e. The van der Waals surface area contributed by atoms with Crippen LogP contribution in [0.1, 0.15) is 10.7 Å². The van der Waals surface area contributed by atoms with E-state index >= 15 is 0 Å². The third kappa shape index (κ3) is 2.52. The third-order valence-electron chi connectivity index (χ3n) is 2.61. The Bertz CT molecular complexity index is 554. The first kappa shape index (κ1) is 13.0. The van der Waals surface area contributed by atoms with Crippen LogP contribution < -0.4 is 10.5 Å². The van der Waals surface area contributed by atoms with Crippen LogP contribution in [0.5, 0.6) is 5.75 Å². The Morgan fingerprint density at radius 1 is 1.44 bits per heavy atom. The molecule has 0 saturated heterocycles. The minimum atomic E-state index is -0.358. The number of aryl methyl sites for hydroxylation is 1. The van der Waals surface area contributed by atoms with Crippen molar-refractivity contribution in [1.29, 1.82) is 0 Å². The lowest BCUT2D eigenvalue weighted by Gasteiger charge is -2.03. The molecule has 0 aliphatic carbocycles. The van der Waals surface area contributed by atoms with Crippen molar-refractivity contribution in [2.75, 3.05) is 13.7 Å². The van der Waals surface area contributed by atoms with E-state index in [1.54, 1.807) is 17.4 Å². The number of aromatic nitrogens is 1. The molecule has 1 aromatic heterocycles. The van der Waals surface area contributed by atoms with Gasteiger partial charge >= 0.3 is 0 Å². The van der Waals surface area contributed by atoms with Gasteiger partial charge in [0.05, 0.1) is 22.7 Å². The second kappa shape index (κ2) is 5.46. The van der Waals surface area contributed by atoms with Crippen molar-refractivity contribution in [2.45, 2.75) is 13.3 Å². The summed E-state index contributed by atoms with van der Waals surface area (Å²) in [6.45, 7) is 2.50. The minimum absolute atomic E-state index is 0.253. The smallest absolute Gasteiger partial charge is 0.165 e. The van der Waals surface area contributed by atoms with Gasteiger partial charge in [-0.3, -0.25) is 0 Å². The molecular formula is C13H15FN2OS. The molecule has 0 bridgehead atoms. The molecule has 0 unspecified atom stereocenters. The van der Waals surface area contributed by atoms with Gasteiger partial charge in [0, 0.05) is 6.42 Å². The standard InChI is InChI=1S/C13H15FN2OS/c1-8-13(18-12(16-8)5-6-15)9-3-4-11(17-2)10(14)7-9/h3-4,7H,5-6,15H2,1-2H3. The van der Waals surface area contributed by atoms with Crippen molar-refractivity contribution < 1.29 is 9.13 Å². The van der Waals surface area contributed by atoms with Crippen LogP contribution in [0.25, 0.3) is 10.4 Å². The van der Waals surface area contributed by atoms with Crippen LogP contribution in [0.2, 0.25) is 0 Å². The van der Waals surface area contributed by atoms with Crippen molar-refractivity contribution in [3.05, 3.63) is 34.7 Å². The van der Waals surface area contributed by atoms with Crippen molar-refractivity contribution >= 4 is 11.3 Å². The van der Waals surface area contributed by atoms with E-state index in [1.807, 2.05) is 13.0 Å². The lowest BCUT2D eigenvalue weighted by atomic mass is 10.1. The number of rotatable bonds is 4. The zero-order valence-electron chi connectivity index (χ0n) is 10.4. The highest BCUT2D eigenvalue weighted by Crippen LogP contribution is 2.32. The number of nitrogens with two attached hydrogens (primary N) is 1. The number of nitrogens with zero attached hydrogens (tertiary/aromatic N) is 1. The zero-order chi connectivity index (χ0) is 13.1. The summed E-state index contributed by atoms with van der Waals surface area (Å²) >= 11 is 1.56. The molecule has 5 heteroatoms. The second-order valence-electron chi connectivity index (χ2n) is 3.91. The van der Waals surface area contributed by atoms with E-state index in [1.165, 1.54) is 13.2 Å². The molecule has 0 atom stereocenters. The largest absolute Gasteiger partial charge is 0.494 e. The molecule has 18 heavy (non-hydrogen) atoms. The molecule has 0 fully saturated rings. The third-order valence-corrected chi connectivity index (χ3v) is 3.88. The first-order valence-electron chi connectivity index (χ1n) is 5.66. The van der Waals surface area contributed by atoms with Gasteiger partial charge in [0.2, 0.25) is 0 Å². The average molecular weight is 266 g/mol. The first-order chi connectivity index (χ1) is 8.65. The Morgan fingerprint density at radius 2 is 2.22 bits per heavy atom. The molecule has 1 heterocycles. The summed E-state index contributed by atoms with van der Waals surface area (Å²) in [6, 6.07) is 4.95. The molecular weight excluding hydrogens is 251 g/mol. The SMILES string of the molecule is COc1ccc(-c2sc(CCN)nc2C)cc1F. The highest BCUT2D eigenvalue weighted by molar-refractivity contribution is 7.15. The Morgan fingerprint density at radius 3 is 2.83 bits per heavy atom. The van der Waals surface area contributed by atoms with Crippen LogP contribution in [0.3, 0.4) is 0 Å². The lowest BCUT2D eigenvalue weighted by molar-refractivity contribution is 0.386. The predicted molar refractivity (Wildman–Crippen MR) is 71.6 cm³/mol. The van der Waals surface area contributed by atoms with Gasteiger partial charge in [-0.25, -0.2) is 9.37 Å². The van der Waals surface area contributed by atoms with E-state index in [4.69, 9.17) is 10.5 Å². The summed E-state index contributed by atoms with van der Waals surface area (Å²) in [4.78, 5) is 5.42. The van der Waals surface area contributed by atoms with Crippen LogP contribution in [0.4, 0.5) is 4.39 Å². The van der Waals surface area contributed by atoms with Gasteiger partial charge in [0.15, 0.2) is 11.6 Å². The summed E-state index contributed by atoms with van der Waals surface area (Å²) < 4.78 is 18.6. The highest BCUT2D eigenvalue weighted by atomic mass is 32.1. The summed E-state index contributed by atoms with van der Waals surface area (Å²) in [5, 5.41) is 0.987. The number of halogens is 1. The molecule has 0 amide bonds. The minimum Gasteiger partial charge on any atom is -0.494 e. The van der Waals surface area contributed by atoms with Crippen LogP contribution >= 0.6 is 11.3 Å². The molecule has 0 aliphatic rings. The van der Waals surface area contributed by atoms with Crippen molar-refractivity contribution in [2.24, 2.45) is 5.73 Å². The van der Waals surface area contributed by atoms with Gasteiger partial charge in [-0.15, -0.1) is 11.3 Å². The van der Waals surface area contributed by atoms with Crippen LogP contribution in [0.15, 0.2) is 18.2 Å². The molecule has 96 valence electrons. The fourth-order valence-corrected chi connectivity index (χ4v) is 2.83. The van der Waals surface area contributed by atoms with E-state index in [0.29, 0.717) is 6.54 Å². The fraction of sp³-hybridized carbons (Fsp3) is 0.308. The van der Waals surface area contributed by atoms with Crippen LogP contribution in [-0.4, -0.2) is 18.6 Å². The highest BCUT2D eigenvalue weighted by Gasteiger charge is 2.11. The number of methoxy groups -OCH3 is 1. The van der Waals surface area contributed by atoms with Gasteiger partial charge in [0.1, 0.15) is 0 Å². The summed E-state index contributed by atoms with van der Waals surface area (Å²) in [5.74, 6) is -0.105. The molecule has 1 aromatic carbocycles. The summed E-state index contributed by atoms with van der Waals surface area (Å²) in [7, 11) is 1.45. The van der Waals surface area contributed by atoms with Crippen molar-refractivity contribution in [1.82, 2.24) is 4.98 Å². The quantitative estimate of drug-likeness (QED) is 0.925. The lowest BCUT2D eigenvalue weighted by Crippen LogP contribution is -2.01. The molecule has 2 N–H and O–H groups in total. The van der Waals surface area contributed by atoms with Gasteiger partial charge in [0.25, 0.3) is 0 Å². The molecule has 2 rings (SSSR count). The average Bonchev–Trinajstić information content (AvgIpc) is 2.71. The molecule has 3 nitrogen and oxygen atoms in total. The first-order valence-corrected chi connectivity index (χ1v) is 6.47. The number of hydrogen-bond donors (Lipinski definition) is 1.